The minimum Gasteiger partial charge on any atom is -0.0622 e. The molecule has 2 aromatic rings. The summed E-state index contributed by atoms with van der Waals surface area (Å²) in [6.07, 6.45) is 1.01. The number of halogens is 1. The van der Waals surface area contributed by atoms with E-state index in [0.29, 0.717) is 0 Å². The number of hydrogen-bond donors (Lipinski definition) is 0. The van der Waals surface area contributed by atoms with Crippen LogP contribution in [0.1, 0.15) is 16.7 Å². The highest BCUT2D eigenvalue weighted by Crippen LogP contribution is 2.39. The maximum Gasteiger partial charge on any atom is 0.00792 e. The zero-order chi connectivity index (χ0) is 11.0. The van der Waals surface area contributed by atoms with E-state index in [4.69, 9.17) is 0 Å². The van der Waals surface area contributed by atoms with Crippen LogP contribution in [0.2, 0.25) is 0 Å². The summed E-state index contributed by atoms with van der Waals surface area (Å²) in [5, 5.41) is 0. The van der Waals surface area contributed by atoms with E-state index in [-0.39, 0.29) is 0 Å². The van der Waals surface area contributed by atoms with Gasteiger partial charge < -0.3 is 0 Å². The van der Waals surface area contributed by atoms with Gasteiger partial charge in [0.25, 0.3) is 0 Å². The molecule has 1 aliphatic rings. The minimum absolute atomic E-state index is 1.01. The predicted molar refractivity (Wildman–Crippen MR) is 71.5 cm³/mol. The lowest BCUT2D eigenvalue weighted by Crippen LogP contribution is -1.85. The van der Waals surface area contributed by atoms with Crippen LogP contribution in [-0.2, 0) is 6.42 Å². The van der Waals surface area contributed by atoms with E-state index in [1.165, 1.54) is 26.7 Å². The second kappa shape index (κ2) is 3.91. The standard InChI is InChI=1S/C15H11Br/c16-14-10-12-8-4-5-9-13(12)15(14)11-6-2-1-3-7-11/h1-9H,10H2. The Balaban J connectivity index is 2.19. The summed E-state index contributed by atoms with van der Waals surface area (Å²) < 4.78 is 1.29. The molecule has 0 atom stereocenters. The van der Waals surface area contributed by atoms with Gasteiger partial charge in [0.1, 0.15) is 0 Å². The molecule has 0 fully saturated rings. The van der Waals surface area contributed by atoms with Crippen LogP contribution in [0.5, 0.6) is 0 Å². The fraction of sp³-hybridized carbons (Fsp3) is 0.0667. The van der Waals surface area contributed by atoms with Gasteiger partial charge in [0.2, 0.25) is 0 Å². The van der Waals surface area contributed by atoms with Crippen molar-refractivity contribution in [1.29, 1.82) is 0 Å². The summed E-state index contributed by atoms with van der Waals surface area (Å²) in [7, 11) is 0. The van der Waals surface area contributed by atoms with Crippen molar-refractivity contribution in [1.82, 2.24) is 0 Å². The molecule has 0 spiro atoms. The first-order chi connectivity index (χ1) is 7.86. The highest BCUT2D eigenvalue weighted by atomic mass is 79.9. The molecule has 0 N–H and O–H groups in total. The Labute approximate surface area is 104 Å². The molecule has 0 aliphatic heterocycles. The Morgan fingerprint density at radius 3 is 2.31 bits per heavy atom. The molecule has 0 saturated carbocycles. The van der Waals surface area contributed by atoms with Crippen LogP contribution in [-0.4, -0.2) is 0 Å². The molecule has 0 aromatic heterocycles. The van der Waals surface area contributed by atoms with Crippen LogP contribution >= 0.6 is 15.9 Å². The SMILES string of the molecule is BrC1=C(c2ccccc2)c2ccccc2C1. The monoisotopic (exact) mass is 270 g/mol. The molecule has 2 aromatic carbocycles. The van der Waals surface area contributed by atoms with Crippen molar-refractivity contribution in [3.63, 3.8) is 0 Å². The van der Waals surface area contributed by atoms with Crippen LogP contribution < -0.4 is 0 Å². The van der Waals surface area contributed by atoms with Crippen LogP contribution in [0.25, 0.3) is 5.57 Å². The molecule has 0 bridgehead atoms. The van der Waals surface area contributed by atoms with E-state index < -0.39 is 0 Å². The van der Waals surface area contributed by atoms with Crippen LogP contribution in [0.4, 0.5) is 0 Å². The fourth-order valence-electron chi connectivity index (χ4n) is 2.24. The smallest absolute Gasteiger partial charge is 0.00792 e. The zero-order valence-corrected chi connectivity index (χ0v) is 10.4. The third kappa shape index (κ3) is 1.52. The maximum atomic E-state index is 3.70. The summed E-state index contributed by atoms with van der Waals surface area (Å²) in [5.74, 6) is 0. The van der Waals surface area contributed by atoms with E-state index in [2.05, 4.69) is 70.5 Å². The highest BCUT2D eigenvalue weighted by Gasteiger charge is 2.20. The van der Waals surface area contributed by atoms with Crippen molar-refractivity contribution in [3.8, 4) is 0 Å². The number of benzene rings is 2. The van der Waals surface area contributed by atoms with Crippen LogP contribution in [0.3, 0.4) is 0 Å². The van der Waals surface area contributed by atoms with E-state index >= 15 is 0 Å². The Morgan fingerprint density at radius 2 is 1.50 bits per heavy atom. The Hall–Kier alpha value is -1.34. The van der Waals surface area contributed by atoms with Crippen LogP contribution in [0.15, 0.2) is 59.1 Å². The number of rotatable bonds is 1. The molecule has 1 heteroatoms. The summed E-state index contributed by atoms with van der Waals surface area (Å²) in [6.45, 7) is 0. The Morgan fingerprint density at radius 1 is 0.812 bits per heavy atom. The summed E-state index contributed by atoms with van der Waals surface area (Å²) in [4.78, 5) is 0. The van der Waals surface area contributed by atoms with Crippen molar-refractivity contribution in [2.45, 2.75) is 6.42 Å². The third-order valence-electron chi connectivity index (χ3n) is 2.97. The molecule has 78 valence electrons. The Kier molecular flexibility index (Phi) is 2.41. The lowest BCUT2D eigenvalue weighted by atomic mass is 9.99. The number of hydrogen-bond acceptors (Lipinski definition) is 0. The van der Waals surface area contributed by atoms with Crippen molar-refractivity contribution in [2.75, 3.05) is 0 Å². The first-order valence-electron chi connectivity index (χ1n) is 5.38. The van der Waals surface area contributed by atoms with Gasteiger partial charge in [0, 0.05) is 10.9 Å². The molecule has 0 nitrogen and oxygen atoms in total. The summed E-state index contributed by atoms with van der Waals surface area (Å²) >= 11 is 3.70. The molecule has 0 radical (unpaired) electrons. The van der Waals surface area contributed by atoms with Crippen molar-refractivity contribution < 1.29 is 0 Å². The molecule has 0 amide bonds. The van der Waals surface area contributed by atoms with Crippen molar-refractivity contribution in [2.24, 2.45) is 0 Å². The summed E-state index contributed by atoms with van der Waals surface area (Å²) in [6, 6.07) is 19.2. The van der Waals surface area contributed by atoms with E-state index in [9.17, 15) is 0 Å². The molecular formula is C15H11Br. The molecule has 1 aliphatic carbocycles. The highest BCUT2D eigenvalue weighted by molar-refractivity contribution is 9.11. The molecule has 16 heavy (non-hydrogen) atoms. The first-order valence-corrected chi connectivity index (χ1v) is 6.18. The first kappa shape index (κ1) is 9.86. The molecular weight excluding hydrogens is 260 g/mol. The van der Waals surface area contributed by atoms with Gasteiger partial charge >= 0.3 is 0 Å². The second-order valence-electron chi connectivity index (χ2n) is 3.98. The topological polar surface area (TPSA) is 0 Å². The summed E-state index contributed by atoms with van der Waals surface area (Å²) in [5.41, 5.74) is 5.41. The van der Waals surface area contributed by atoms with Gasteiger partial charge in [0.15, 0.2) is 0 Å². The lowest BCUT2D eigenvalue weighted by molar-refractivity contribution is 1.30. The quantitative estimate of drug-likeness (QED) is 0.721. The molecule has 0 saturated heterocycles. The van der Waals surface area contributed by atoms with Gasteiger partial charge in [-0.25, -0.2) is 0 Å². The second-order valence-corrected chi connectivity index (χ2v) is 4.94. The number of allylic oxidation sites excluding steroid dienone is 1. The van der Waals surface area contributed by atoms with E-state index in [0.717, 1.165) is 6.42 Å². The number of fused-ring (bicyclic) bond motifs is 1. The zero-order valence-electron chi connectivity index (χ0n) is 8.78. The average molecular weight is 271 g/mol. The van der Waals surface area contributed by atoms with Gasteiger partial charge in [0.05, 0.1) is 0 Å². The van der Waals surface area contributed by atoms with E-state index in [1.807, 2.05) is 0 Å². The van der Waals surface area contributed by atoms with Crippen LogP contribution in [0, 0.1) is 0 Å². The minimum atomic E-state index is 1.01. The molecule has 3 rings (SSSR count). The van der Waals surface area contributed by atoms with Gasteiger partial charge in [-0.15, -0.1) is 0 Å². The third-order valence-corrected chi connectivity index (χ3v) is 3.64. The van der Waals surface area contributed by atoms with E-state index in [1.54, 1.807) is 0 Å². The lowest BCUT2D eigenvalue weighted by Gasteiger charge is -2.05. The largest absolute Gasteiger partial charge is 0.0622 e. The van der Waals surface area contributed by atoms with Gasteiger partial charge in [-0.1, -0.05) is 70.5 Å². The van der Waals surface area contributed by atoms with Gasteiger partial charge in [-0.2, -0.15) is 0 Å². The predicted octanol–water partition coefficient (Wildman–Crippen LogP) is 4.40. The fourth-order valence-corrected chi connectivity index (χ4v) is 2.98. The normalized spacial score (nSPS) is 14.1. The molecule has 0 heterocycles. The van der Waals surface area contributed by atoms with Crippen molar-refractivity contribution >= 4 is 21.5 Å². The van der Waals surface area contributed by atoms with Gasteiger partial charge in [-0.3, -0.25) is 0 Å². The molecule has 0 unspecified atom stereocenters. The van der Waals surface area contributed by atoms with Crippen molar-refractivity contribution in [3.05, 3.63) is 75.8 Å². The van der Waals surface area contributed by atoms with Gasteiger partial charge in [-0.05, 0) is 22.3 Å². The Bertz CT molecular complexity index is 553. The average Bonchev–Trinajstić information content (AvgIpc) is 2.66. The maximum absolute atomic E-state index is 3.70.